The molecule has 0 saturated heterocycles. The van der Waals surface area contributed by atoms with E-state index >= 15 is 0 Å². The number of aliphatic hydroxyl groups excluding tert-OH is 1. The molecule has 2 nitrogen and oxygen atoms in total. The predicted octanol–water partition coefficient (Wildman–Crippen LogP) is 2.86. The highest BCUT2D eigenvalue weighted by atomic mass is 16.5. The minimum absolute atomic E-state index is 0.00613. The average molecular weight is 270 g/mol. The van der Waals surface area contributed by atoms with Crippen LogP contribution < -0.4 is 0 Å². The Balaban J connectivity index is 1.24. The van der Waals surface area contributed by atoms with Crippen LogP contribution in [0.3, 0.4) is 0 Å². The van der Waals surface area contributed by atoms with Crippen molar-refractivity contribution in [2.45, 2.75) is 32.0 Å². The van der Waals surface area contributed by atoms with Gasteiger partial charge in [-0.3, -0.25) is 0 Å². The summed E-state index contributed by atoms with van der Waals surface area (Å²) >= 11 is 0. The molecule has 0 aliphatic heterocycles. The maximum absolute atomic E-state index is 10.4. The summed E-state index contributed by atoms with van der Waals surface area (Å²) in [5.41, 5.74) is 1.63. The highest BCUT2D eigenvalue weighted by Gasteiger charge is 2.85. The summed E-state index contributed by atoms with van der Waals surface area (Å²) in [6.45, 7) is 1.64. The first kappa shape index (κ1) is 11.8. The summed E-state index contributed by atoms with van der Waals surface area (Å²) < 4.78 is 6.00. The summed E-state index contributed by atoms with van der Waals surface area (Å²) in [5.74, 6) is 4.14. The van der Waals surface area contributed by atoms with Gasteiger partial charge >= 0.3 is 0 Å². The third-order valence-electron chi connectivity index (χ3n) is 6.89. The second-order valence-electron chi connectivity index (χ2n) is 7.40. The van der Waals surface area contributed by atoms with Crippen LogP contribution in [0.5, 0.6) is 0 Å². The van der Waals surface area contributed by atoms with E-state index in [-0.39, 0.29) is 6.10 Å². The summed E-state index contributed by atoms with van der Waals surface area (Å²) in [6.07, 6.45) is 3.68. The zero-order valence-corrected chi connectivity index (χ0v) is 11.7. The molecule has 4 aliphatic carbocycles. The maximum Gasteiger partial charge on any atom is 0.0717 e. The van der Waals surface area contributed by atoms with Gasteiger partial charge in [0.15, 0.2) is 0 Å². The lowest BCUT2D eigenvalue weighted by molar-refractivity contribution is -0.246. The predicted molar refractivity (Wildman–Crippen MR) is 75.8 cm³/mol. The molecule has 1 aromatic carbocycles. The van der Waals surface area contributed by atoms with Gasteiger partial charge < -0.3 is 9.84 Å². The van der Waals surface area contributed by atoms with Gasteiger partial charge in [0.2, 0.25) is 0 Å². The molecule has 0 bridgehead atoms. The fraction of sp³-hybridized carbons (Fsp3) is 0.667. The first-order valence-corrected chi connectivity index (χ1v) is 8.13. The van der Waals surface area contributed by atoms with Gasteiger partial charge in [-0.2, -0.15) is 0 Å². The van der Waals surface area contributed by atoms with Crippen molar-refractivity contribution in [3.63, 3.8) is 0 Å². The topological polar surface area (TPSA) is 29.5 Å². The van der Waals surface area contributed by atoms with Crippen LogP contribution in [0.15, 0.2) is 30.3 Å². The normalized spacial score (nSPS) is 50.5. The molecule has 0 amide bonds. The fourth-order valence-corrected chi connectivity index (χ4v) is 6.27. The molecule has 7 atom stereocenters. The Bertz CT molecular complexity index is 519. The molecule has 5 rings (SSSR count). The molecule has 106 valence electrons. The Hall–Kier alpha value is -0.860. The Morgan fingerprint density at radius 2 is 2.00 bits per heavy atom. The van der Waals surface area contributed by atoms with E-state index in [9.17, 15) is 5.11 Å². The Kier molecular flexibility index (Phi) is 2.27. The molecular weight excluding hydrogens is 248 g/mol. The van der Waals surface area contributed by atoms with Crippen molar-refractivity contribution in [3.8, 4) is 0 Å². The maximum atomic E-state index is 10.4. The third-order valence-corrected chi connectivity index (χ3v) is 6.89. The van der Waals surface area contributed by atoms with E-state index in [1.165, 1.54) is 18.4 Å². The summed E-state index contributed by atoms with van der Waals surface area (Å²) in [4.78, 5) is 0. The highest BCUT2D eigenvalue weighted by molar-refractivity contribution is 5.32. The molecule has 2 heteroatoms. The van der Waals surface area contributed by atoms with Crippen molar-refractivity contribution < 1.29 is 9.84 Å². The van der Waals surface area contributed by atoms with Gasteiger partial charge in [-0.1, -0.05) is 30.3 Å². The molecule has 0 radical (unpaired) electrons. The van der Waals surface area contributed by atoms with Gasteiger partial charge in [0, 0.05) is 5.41 Å². The number of ether oxygens (including phenoxy) is 1. The molecule has 4 fully saturated rings. The lowest BCUT2D eigenvalue weighted by Gasteiger charge is -2.67. The van der Waals surface area contributed by atoms with Crippen LogP contribution in [0, 0.1) is 35.0 Å². The summed E-state index contributed by atoms with van der Waals surface area (Å²) in [5, 5.41) is 10.4. The van der Waals surface area contributed by atoms with Crippen molar-refractivity contribution in [2.75, 3.05) is 6.61 Å². The molecule has 1 aromatic rings. The van der Waals surface area contributed by atoms with E-state index in [0.29, 0.717) is 5.41 Å². The Labute approximate surface area is 120 Å². The van der Waals surface area contributed by atoms with Crippen molar-refractivity contribution >= 4 is 0 Å². The van der Waals surface area contributed by atoms with E-state index in [0.717, 1.165) is 49.2 Å². The molecule has 0 aromatic heterocycles. The molecule has 20 heavy (non-hydrogen) atoms. The average Bonchev–Trinajstić information content (AvgIpc) is 3.07. The van der Waals surface area contributed by atoms with Crippen LogP contribution in [0.1, 0.15) is 24.8 Å². The molecule has 1 spiro atoms. The molecule has 4 saturated carbocycles. The molecule has 4 aliphatic rings. The smallest absolute Gasteiger partial charge is 0.0717 e. The highest BCUT2D eigenvalue weighted by Crippen LogP contribution is 2.87. The number of benzene rings is 1. The van der Waals surface area contributed by atoms with Gasteiger partial charge in [0.25, 0.3) is 0 Å². The van der Waals surface area contributed by atoms with E-state index in [1.807, 2.05) is 6.07 Å². The van der Waals surface area contributed by atoms with Crippen molar-refractivity contribution in [3.05, 3.63) is 35.9 Å². The quantitative estimate of drug-likeness (QED) is 0.911. The second-order valence-corrected chi connectivity index (χ2v) is 7.40. The number of aliphatic hydroxyl groups is 1. The SMILES string of the molecule is OC1CC[C@H]2[C@H](COCc3ccccc3)[C@@H]3[C@H]4C[C@H]4C132. The first-order valence-electron chi connectivity index (χ1n) is 8.13. The third kappa shape index (κ3) is 1.23. The zero-order valence-electron chi connectivity index (χ0n) is 11.7. The van der Waals surface area contributed by atoms with E-state index in [1.54, 1.807) is 0 Å². The molecular formula is C18H22O2. The number of hydrogen-bond donors (Lipinski definition) is 1. The summed E-state index contributed by atoms with van der Waals surface area (Å²) in [7, 11) is 0. The lowest BCUT2D eigenvalue weighted by atomic mass is 9.38. The second kappa shape index (κ2) is 3.86. The van der Waals surface area contributed by atoms with Crippen LogP contribution in [-0.2, 0) is 11.3 Å². The van der Waals surface area contributed by atoms with Gasteiger partial charge in [-0.15, -0.1) is 0 Å². The van der Waals surface area contributed by atoms with Gasteiger partial charge in [0.05, 0.1) is 19.3 Å². The minimum atomic E-state index is 0.00613. The van der Waals surface area contributed by atoms with Gasteiger partial charge in [0.1, 0.15) is 0 Å². The largest absolute Gasteiger partial charge is 0.393 e. The first-order chi connectivity index (χ1) is 9.83. The fourth-order valence-electron chi connectivity index (χ4n) is 6.27. The number of rotatable bonds is 4. The zero-order chi connectivity index (χ0) is 13.3. The van der Waals surface area contributed by atoms with Crippen LogP contribution >= 0.6 is 0 Å². The molecule has 1 N–H and O–H groups in total. The van der Waals surface area contributed by atoms with Crippen molar-refractivity contribution in [2.24, 2.45) is 35.0 Å². The number of hydrogen-bond acceptors (Lipinski definition) is 2. The summed E-state index contributed by atoms with van der Waals surface area (Å²) in [6, 6.07) is 10.4. The Morgan fingerprint density at radius 1 is 1.15 bits per heavy atom. The molecule has 0 heterocycles. The molecule has 2 unspecified atom stereocenters. The van der Waals surface area contributed by atoms with Gasteiger partial charge in [-0.05, 0) is 54.4 Å². The van der Waals surface area contributed by atoms with Crippen LogP contribution in [0.2, 0.25) is 0 Å². The standard InChI is InChI=1S/C18H22O2/c19-16-7-6-14-13(17-12-8-15(12)18(14,16)17)10-20-9-11-4-2-1-3-5-11/h1-5,12-17,19H,6-10H2/t12-,13-,14-,15+,16?,17-,18?/m0/s1. The van der Waals surface area contributed by atoms with Gasteiger partial charge in [-0.25, -0.2) is 0 Å². The van der Waals surface area contributed by atoms with Crippen LogP contribution in [0.25, 0.3) is 0 Å². The van der Waals surface area contributed by atoms with Crippen molar-refractivity contribution in [1.82, 2.24) is 0 Å². The van der Waals surface area contributed by atoms with Crippen LogP contribution in [-0.4, -0.2) is 17.8 Å². The number of fused-ring (bicyclic) bond motifs is 2. The van der Waals surface area contributed by atoms with E-state index in [4.69, 9.17) is 4.74 Å². The van der Waals surface area contributed by atoms with Crippen LogP contribution in [0.4, 0.5) is 0 Å². The minimum Gasteiger partial charge on any atom is -0.393 e. The lowest BCUT2D eigenvalue weighted by Crippen LogP contribution is -2.67. The van der Waals surface area contributed by atoms with E-state index in [2.05, 4.69) is 24.3 Å². The van der Waals surface area contributed by atoms with E-state index < -0.39 is 0 Å². The van der Waals surface area contributed by atoms with Crippen molar-refractivity contribution in [1.29, 1.82) is 0 Å². The monoisotopic (exact) mass is 270 g/mol. The Morgan fingerprint density at radius 3 is 2.85 bits per heavy atom.